The molecule has 0 bridgehead atoms. The van der Waals surface area contributed by atoms with Crippen molar-refractivity contribution in [2.45, 2.75) is 33.1 Å². The van der Waals surface area contributed by atoms with Gasteiger partial charge in [0.25, 0.3) is 5.91 Å². The van der Waals surface area contributed by atoms with Crippen molar-refractivity contribution in [3.63, 3.8) is 0 Å². The average molecular weight is 418 g/mol. The molecule has 1 N–H and O–H groups in total. The van der Waals surface area contributed by atoms with E-state index in [2.05, 4.69) is 28.2 Å². The molecule has 160 valence electrons. The van der Waals surface area contributed by atoms with Crippen molar-refractivity contribution in [2.75, 3.05) is 29.9 Å². The van der Waals surface area contributed by atoms with Gasteiger partial charge in [0.05, 0.1) is 17.7 Å². The van der Waals surface area contributed by atoms with Gasteiger partial charge < -0.3 is 15.0 Å². The number of amides is 1. The second-order valence-corrected chi connectivity index (χ2v) is 7.85. The van der Waals surface area contributed by atoms with Crippen LogP contribution < -0.4 is 10.2 Å². The van der Waals surface area contributed by atoms with E-state index in [0.717, 1.165) is 42.5 Å². The summed E-state index contributed by atoms with van der Waals surface area (Å²) in [5.41, 5.74) is 4.49. The molecule has 1 fully saturated rings. The summed E-state index contributed by atoms with van der Waals surface area (Å²) in [6, 6.07) is 14.7. The Balaban J connectivity index is 1.62. The largest absolute Gasteiger partial charge is 0.462 e. The lowest BCUT2D eigenvalue weighted by Gasteiger charge is -2.30. The molecule has 0 spiro atoms. The number of nitrogens with one attached hydrogen (secondary N) is 1. The van der Waals surface area contributed by atoms with Crippen LogP contribution in [0.4, 0.5) is 11.4 Å². The first kappa shape index (κ1) is 20.8. The van der Waals surface area contributed by atoms with E-state index in [-0.39, 0.29) is 11.9 Å². The van der Waals surface area contributed by atoms with Crippen LogP contribution in [-0.4, -0.2) is 36.6 Å². The fourth-order valence-corrected chi connectivity index (χ4v) is 3.93. The number of fused-ring (bicyclic) bond motifs is 1. The maximum absolute atomic E-state index is 13.0. The number of esters is 1. The van der Waals surface area contributed by atoms with Crippen LogP contribution in [0.25, 0.3) is 10.9 Å². The molecule has 1 aromatic heterocycles. The van der Waals surface area contributed by atoms with Gasteiger partial charge in [-0.15, -0.1) is 0 Å². The molecule has 2 heterocycles. The van der Waals surface area contributed by atoms with Gasteiger partial charge in [-0.05, 0) is 75.6 Å². The van der Waals surface area contributed by atoms with Crippen molar-refractivity contribution in [2.24, 2.45) is 0 Å². The summed E-state index contributed by atoms with van der Waals surface area (Å²) in [5.74, 6) is -0.650. The van der Waals surface area contributed by atoms with E-state index in [0.29, 0.717) is 23.6 Å². The minimum Gasteiger partial charge on any atom is -0.462 e. The third-order valence-electron chi connectivity index (χ3n) is 5.53. The molecule has 1 amide bonds. The molecule has 0 saturated carbocycles. The van der Waals surface area contributed by atoms with Gasteiger partial charge in [-0.25, -0.2) is 9.78 Å². The Labute approximate surface area is 182 Å². The molecule has 31 heavy (non-hydrogen) atoms. The number of carbonyl (C=O) groups excluding carboxylic acids is 2. The van der Waals surface area contributed by atoms with Crippen LogP contribution >= 0.6 is 0 Å². The second-order valence-electron chi connectivity index (χ2n) is 7.85. The molecule has 0 aliphatic carbocycles. The molecule has 0 radical (unpaired) electrons. The summed E-state index contributed by atoms with van der Waals surface area (Å²) in [6.45, 7) is 6.14. The molecule has 1 aliphatic rings. The number of aromatic nitrogens is 1. The summed E-state index contributed by atoms with van der Waals surface area (Å²) in [4.78, 5) is 31.8. The first-order valence-corrected chi connectivity index (χ1v) is 10.8. The highest BCUT2D eigenvalue weighted by Crippen LogP contribution is 2.30. The molecule has 3 aromatic rings. The van der Waals surface area contributed by atoms with E-state index in [9.17, 15) is 9.59 Å². The molecule has 0 unspecified atom stereocenters. The summed E-state index contributed by atoms with van der Waals surface area (Å²) in [6.07, 6.45) is 3.56. The molecule has 2 aromatic carbocycles. The highest BCUT2D eigenvalue weighted by atomic mass is 16.5. The van der Waals surface area contributed by atoms with E-state index in [4.69, 9.17) is 4.74 Å². The molecule has 6 heteroatoms. The number of ether oxygens (including phenoxy) is 1. The first-order valence-electron chi connectivity index (χ1n) is 10.8. The van der Waals surface area contributed by atoms with E-state index in [1.165, 1.54) is 12.0 Å². The van der Waals surface area contributed by atoms with Crippen molar-refractivity contribution in [3.05, 3.63) is 65.4 Å². The van der Waals surface area contributed by atoms with Gasteiger partial charge in [-0.1, -0.05) is 11.6 Å². The van der Waals surface area contributed by atoms with Crippen LogP contribution in [0.3, 0.4) is 0 Å². The molecule has 4 rings (SSSR count). The Hall–Kier alpha value is -3.41. The normalized spacial score (nSPS) is 13.8. The van der Waals surface area contributed by atoms with Crippen molar-refractivity contribution < 1.29 is 14.3 Å². The van der Waals surface area contributed by atoms with Crippen LogP contribution in [-0.2, 0) is 4.74 Å². The zero-order valence-corrected chi connectivity index (χ0v) is 18.0. The van der Waals surface area contributed by atoms with Crippen molar-refractivity contribution in [1.82, 2.24) is 4.98 Å². The van der Waals surface area contributed by atoms with Gasteiger partial charge in [0.1, 0.15) is 5.69 Å². The van der Waals surface area contributed by atoms with Gasteiger partial charge >= 0.3 is 5.97 Å². The molecule has 0 atom stereocenters. The van der Waals surface area contributed by atoms with Gasteiger partial charge in [0.15, 0.2) is 0 Å². The van der Waals surface area contributed by atoms with Crippen LogP contribution in [0.1, 0.15) is 52.6 Å². The van der Waals surface area contributed by atoms with Gasteiger partial charge in [0.2, 0.25) is 0 Å². The minimum atomic E-state index is -0.377. The standard InChI is InChI=1S/C25H27N3O3/c1-3-31-25(30)18-8-10-19(11-9-18)26-24(29)22-16-23(28-13-5-4-6-14-28)20-15-17(2)7-12-21(20)27-22/h7-12,15-16H,3-6,13-14H2,1-2H3,(H,26,29). The zero-order chi connectivity index (χ0) is 21.8. The summed E-state index contributed by atoms with van der Waals surface area (Å²) in [7, 11) is 0. The topological polar surface area (TPSA) is 71.5 Å². The maximum atomic E-state index is 13.0. The quantitative estimate of drug-likeness (QED) is 0.594. The Bertz CT molecular complexity index is 1100. The van der Waals surface area contributed by atoms with Gasteiger partial charge in [-0.2, -0.15) is 0 Å². The number of hydrogen-bond acceptors (Lipinski definition) is 5. The van der Waals surface area contributed by atoms with Crippen molar-refractivity contribution in [1.29, 1.82) is 0 Å². The number of benzene rings is 2. The summed E-state index contributed by atoms with van der Waals surface area (Å²) in [5, 5.41) is 3.97. The second kappa shape index (κ2) is 9.16. The molecule has 1 saturated heterocycles. The molecular formula is C25H27N3O3. The van der Waals surface area contributed by atoms with Crippen LogP contribution in [0.15, 0.2) is 48.5 Å². The average Bonchev–Trinajstić information content (AvgIpc) is 2.79. The SMILES string of the molecule is CCOC(=O)c1ccc(NC(=O)c2cc(N3CCCCC3)c3cc(C)ccc3n2)cc1. The Morgan fingerprint density at radius 1 is 1.03 bits per heavy atom. The Kier molecular flexibility index (Phi) is 6.16. The highest BCUT2D eigenvalue weighted by molar-refractivity contribution is 6.06. The van der Waals surface area contributed by atoms with Crippen LogP contribution in [0.5, 0.6) is 0 Å². The number of nitrogens with zero attached hydrogens (tertiary/aromatic N) is 2. The lowest BCUT2D eigenvalue weighted by atomic mass is 10.1. The highest BCUT2D eigenvalue weighted by Gasteiger charge is 2.18. The smallest absolute Gasteiger partial charge is 0.338 e. The van der Waals surface area contributed by atoms with E-state index in [1.54, 1.807) is 31.2 Å². The monoisotopic (exact) mass is 417 g/mol. The number of carbonyl (C=O) groups is 2. The number of hydrogen-bond donors (Lipinski definition) is 1. The summed E-state index contributed by atoms with van der Waals surface area (Å²) < 4.78 is 5.00. The predicted octanol–water partition coefficient (Wildman–Crippen LogP) is 4.96. The number of rotatable bonds is 5. The predicted molar refractivity (Wildman–Crippen MR) is 123 cm³/mol. The number of pyridine rings is 1. The molecule has 6 nitrogen and oxygen atoms in total. The number of aryl methyl sites for hydroxylation is 1. The minimum absolute atomic E-state index is 0.274. The fraction of sp³-hybridized carbons (Fsp3) is 0.320. The first-order chi connectivity index (χ1) is 15.0. The van der Waals surface area contributed by atoms with Gasteiger partial charge in [-0.3, -0.25) is 4.79 Å². The van der Waals surface area contributed by atoms with Crippen LogP contribution in [0.2, 0.25) is 0 Å². The lowest BCUT2D eigenvalue weighted by Crippen LogP contribution is -2.30. The molecular weight excluding hydrogens is 390 g/mol. The fourth-order valence-electron chi connectivity index (χ4n) is 3.93. The third kappa shape index (κ3) is 4.68. The number of piperidine rings is 1. The van der Waals surface area contributed by atoms with Crippen LogP contribution in [0, 0.1) is 6.92 Å². The van der Waals surface area contributed by atoms with Crippen molar-refractivity contribution in [3.8, 4) is 0 Å². The number of anilines is 2. The van der Waals surface area contributed by atoms with E-state index < -0.39 is 0 Å². The summed E-state index contributed by atoms with van der Waals surface area (Å²) >= 11 is 0. The van der Waals surface area contributed by atoms with Gasteiger partial charge in [0, 0.05) is 29.9 Å². The van der Waals surface area contributed by atoms with E-state index in [1.807, 2.05) is 18.2 Å². The lowest BCUT2D eigenvalue weighted by molar-refractivity contribution is 0.0526. The molecule has 1 aliphatic heterocycles. The maximum Gasteiger partial charge on any atom is 0.338 e. The zero-order valence-electron chi connectivity index (χ0n) is 18.0. The van der Waals surface area contributed by atoms with E-state index >= 15 is 0 Å². The Morgan fingerprint density at radius 2 is 1.77 bits per heavy atom. The van der Waals surface area contributed by atoms with Crippen molar-refractivity contribution >= 4 is 34.2 Å². The third-order valence-corrected chi connectivity index (χ3v) is 5.53. The Morgan fingerprint density at radius 3 is 2.48 bits per heavy atom.